The predicted molar refractivity (Wildman–Crippen MR) is 91.1 cm³/mol. The molecule has 25 heavy (non-hydrogen) atoms. The van der Waals surface area contributed by atoms with Gasteiger partial charge in [-0.15, -0.1) is 0 Å². The lowest BCUT2D eigenvalue weighted by Gasteiger charge is -2.35. The van der Waals surface area contributed by atoms with E-state index in [2.05, 4.69) is 24.9 Å². The van der Waals surface area contributed by atoms with Crippen LogP contribution in [0.3, 0.4) is 0 Å². The van der Waals surface area contributed by atoms with Gasteiger partial charge in [0.25, 0.3) is 0 Å². The number of nitrogens with two attached hydrogens (primary N) is 1. The van der Waals surface area contributed by atoms with E-state index in [0.717, 1.165) is 11.3 Å². The molecule has 0 amide bonds. The number of aromatic nitrogens is 5. The fourth-order valence-electron chi connectivity index (χ4n) is 3.05. The zero-order valence-corrected chi connectivity index (χ0v) is 13.6. The van der Waals surface area contributed by atoms with Crippen molar-refractivity contribution in [1.82, 2.24) is 24.9 Å². The molecule has 1 aliphatic heterocycles. The maximum atomic E-state index is 13.6. The highest BCUT2D eigenvalue weighted by molar-refractivity contribution is 5.54. The summed E-state index contributed by atoms with van der Waals surface area (Å²) >= 11 is 0. The summed E-state index contributed by atoms with van der Waals surface area (Å²) < 4.78 is 13.6. The Morgan fingerprint density at radius 2 is 1.92 bits per heavy atom. The third-order valence-corrected chi connectivity index (χ3v) is 4.27. The van der Waals surface area contributed by atoms with Gasteiger partial charge in [-0.25, -0.2) is 24.9 Å². The Kier molecular flexibility index (Phi) is 3.72. The lowest BCUT2D eigenvalue weighted by atomic mass is 9.99. The molecule has 7 nitrogen and oxygen atoms in total. The molecule has 0 saturated carbocycles. The second-order valence-corrected chi connectivity index (χ2v) is 5.87. The molecule has 0 bridgehead atoms. The molecular weight excluding hydrogens is 321 g/mol. The molecule has 3 aromatic heterocycles. The molecule has 1 atom stereocenters. The molecule has 4 heterocycles. The molecule has 0 aliphatic carbocycles. The quantitative estimate of drug-likeness (QED) is 0.716. The SMILES string of the molecule is CC1c2cnc(-c3ncccn3)nc2CCN1c1cc(N)cc(F)n1. The van der Waals surface area contributed by atoms with Crippen LogP contribution in [0.25, 0.3) is 11.6 Å². The van der Waals surface area contributed by atoms with Gasteiger partial charge in [0.1, 0.15) is 5.82 Å². The highest BCUT2D eigenvalue weighted by Crippen LogP contribution is 2.32. The molecular formula is C17H16FN7. The lowest BCUT2D eigenvalue weighted by molar-refractivity contribution is 0.563. The molecule has 0 aromatic carbocycles. The highest BCUT2D eigenvalue weighted by atomic mass is 19.1. The van der Waals surface area contributed by atoms with Crippen LogP contribution in [0.4, 0.5) is 15.9 Å². The van der Waals surface area contributed by atoms with Crippen LogP contribution in [0, 0.1) is 5.95 Å². The number of nitrogen functional groups attached to an aromatic ring is 1. The van der Waals surface area contributed by atoms with E-state index < -0.39 is 5.95 Å². The van der Waals surface area contributed by atoms with Gasteiger partial charge in [0.05, 0.1) is 11.7 Å². The highest BCUT2D eigenvalue weighted by Gasteiger charge is 2.27. The number of hydrogen-bond donors (Lipinski definition) is 1. The van der Waals surface area contributed by atoms with Gasteiger partial charge in [-0.05, 0) is 13.0 Å². The lowest BCUT2D eigenvalue weighted by Crippen LogP contribution is -2.35. The zero-order valence-electron chi connectivity index (χ0n) is 13.6. The average Bonchev–Trinajstić information content (AvgIpc) is 2.61. The van der Waals surface area contributed by atoms with E-state index in [-0.39, 0.29) is 6.04 Å². The maximum absolute atomic E-state index is 13.6. The summed E-state index contributed by atoms with van der Waals surface area (Å²) in [7, 11) is 0. The van der Waals surface area contributed by atoms with E-state index in [1.54, 1.807) is 30.7 Å². The second kappa shape index (κ2) is 6.04. The van der Waals surface area contributed by atoms with E-state index in [9.17, 15) is 4.39 Å². The van der Waals surface area contributed by atoms with Crippen molar-refractivity contribution >= 4 is 11.5 Å². The van der Waals surface area contributed by atoms with Crippen molar-refractivity contribution in [3.05, 3.63) is 54.0 Å². The first-order valence-corrected chi connectivity index (χ1v) is 7.95. The minimum Gasteiger partial charge on any atom is -0.398 e. The Bertz CT molecular complexity index is 896. The van der Waals surface area contributed by atoms with Crippen molar-refractivity contribution in [2.75, 3.05) is 17.2 Å². The van der Waals surface area contributed by atoms with Crippen LogP contribution < -0.4 is 10.6 Å². The zero-order chi connectivity index (χ0) is 17.4. The Labute approximate surface area is 143 Å². The van der Waals surface area contributed by atoms with E-state index in [0.29, 0.717) is 36.1 Å². The summed E-state index contributed by atoms with van der Waals surface area (Å²) in [4.78, 5) is 23.4. The molecule has 2 N–H and O–H groups in total. The van der Waals surface area contributed by atoms with Crippen LogP contribution in [0.1, 0.15) is 24.2 Å². The molecule has 1 unspecified atom stereocenters. The van der Waals surface area contributed by atoms with E-state index >= 15 is 0 Å². The topological polar surface area (TPSA) is 93.7 Å². The summed E-state index contributed by atoms with van der Waals surface area (Å²) in [6, 6.07) is 4.60. The fraction of sp³-hybridized carbons (Fsp3) is 0.235. The molecule has 8 heteroatoms. The maximum Gasteiger partial charge on any atom is 0.216 e. The average molecular weight is 337 g/mol. The third-order valence-electron chi connectivity index (χ3n) is 4.27. The standard InChI is InChI=1S/C17H16FN7/c1-10-12-9-22-17(16-20-4-2-5-21-16)23-13(12)3-6-25(10)15-8-11(19)7-14(18)24-15/h2,4-5,7-10H,3,6H2,1H3,(H2,19,24). The van der Waals surface area contributed by atoms with Crippen LogP contribution >= 0.6 is 0 Å². The third kappa shape index (κ3) is 2.86. The molecule has 0 spiro atoms. The molecule has 0 radical (unpaired) electrons. The van der Waals surface area contributed by atoms with Gasteiger partial charge in [-0.3, -0.25) is 0 Å². The number of fused-ring (bicyclic) bond motifs is 1. The van der Waals surface area contributed by atoms with Gasteiger partial charge in [-0.1, -0.05) is 0 Å². The van der Waals surface area contributed by atoms with Crippen molar-refractivity contribution in [2.24, 2.45) is 0 Å². The van der Waals surface area contributed by atoms with Crippen LogP contribution in [0.2, 0.25) is 0 Å². The number of hydrogen-bond acceptors (Lipinski definition) is 7. The number of pyridine rings is 1. The van der Waals surface area contributed by atoms with Gasteiger partial charge < -0.3 is 10.6 Å². The number of rotatable bonds is 2. The van der Waals surface area contributed by atoms with Gasteiger partial charge >= 0.3 is 0 Å². The minimum absolute atomic E-state index is 0.0387. The number of halogens is 1. The van der Waals surface area contributed by atoms with Gasteiger partial charge in [0.2, 0.25) is 5.95 Å². The summed E-state index contributed by atoms with van der Waals surface area (Å²) in [5, 5.41) is 0. The first-order chi connectivity index (χ1) is 12.1. The predicted octanol–water partition coefficient (Wildman–Crippen LogP) is 2.17. The van der Waals surface area contributed by atoms with Gasteiger partial charge in [-0.2, -0.15) is 4.39 Å². The Morgan fingerprint density at radius 1 is 1.12 bits per heavy atom. The normalized spacial score (nSPS) is 16.6. The molecule has 126 valence electrons. The van der Waals surface area contributed by atoms with Crippen molar-refractivity contribution in [3.63, 3.8) is 0 Å². The van der Waals surface area contributed by atoms with Gasteiger partial charge in [0, 0.05) is 54.9 Å². The van der Waals surface area contributed by atoms with Crippen molar-refractivity contribution in [3.8, 4) is 11.6 Å². The molecule has 1 aliphatic rings. The Hall–Kier alpha value is -3.16. The summed E-state index contributed by atoms with van der Waals surface area (Å²) in [5.41, 5.74) is 8.03. The molecule has 0 saturated heterocycles. The summed E-state index contributed by atoms with van der Waals surface area (Å²) in [6.07, 6.45) is 5.80. The van der Waals surface area contributed by atoms with Crippen molar-refractivity contribution < 1.29 is 4.39 Å². The summed E-state index contributed by atoms with van der Waals surface area (Å²) in [6.45, 7) is 2.68. The monoisotopic (exact) mass is 337 g/mol. The first kappa shape index (κ1) is 15.4. The van der Waals surface area contributed by atoms with E-state index in [4.69, 9.17) is 5.73 Å². The largest absolute Gasteiger partial charge is 0.398 e. The fourth-order valence-corrected chi connectivity index (χ4v) is 3.05. The number of anilines is 2. The van der Waals surface area contributed by atoms with Gasteiger partial charge in [0.15, 0.2) is 11.6 Å². The van der Waals surface area contributed by atoms with Crippen LogP contribution in [0.15, 0.2) is 36.8 Å². The second-order valence-electron chi connectivity index (χ2n) is 5.87. The smallest absolute Gasteiger partial charge is 0.216 e. The molecule has 0 fully saturated rings. The minimum atomic E-state index is -0.583. The molecule has 4 rings (SSSR count). The van der Waals surface area contributed by atoms with E-state index in [1.807, 2.05) is 11.8 Å². The Balaban J connectivity index is 1.68. The van der Waals surface area contributed by atoms with E-state index in [1.165, 1.54) is 6.07 Å². The van der Waals surface area contributed by atoms with Crippen LogP contribution in [0.5, 0.6) is 0 Å². The van der Waals surface area contributed by atoms with Crippen LogP contribution in [-0.4, -0.2) is 31.5 Å². The molecule has 3 aromatic rings. The number of nitrogens with zero attached hydrogens (tertiary/aromatic N) is 6. The first-order valence-electron chi connectivity index (χ1n) is 7.95. The Morgan fingerprint density at radius 3 is 2.68 bits per heavy atom. The van der Waals surface area contributed by atoms with Crippen molar-refractivity contribution in [2.45, 2.75) is 19.4 Å². The summed E-state index contributed by atoms with van der Waals surface area (Å²) in [5.74, 6) is 0.944. The van der Waals surface area contributed by atoms with Crippen molar-refractivity contribution in [1.29, 1.82) is 0 Å². The van der Waals surface area contributed by atoms with Crippen LogP contribution in [-0.2, 0) is 6.42 Å².